The number of nitrogens with zero attached hydrogens (tertiary/aromatic N) is 1. The maximum atomic E-state index is 11.8. The second-order valence-corrected chi connectivity index (χ2v) is 7.12. The number of hydrogen-bond acceptors (Lipinski definition) is 5. The highest BCUT2D eigenvalue weighted by molar-refractivity contribution is 7.89. The van der Waals surface area contributed by atoms with Crippen molar-refractivity contribution in [1.29, 1.82) is 0 Å². The number of hydrogen-bond donors (Lipinski definition) is 3. The van der Waals surface area contributed by atoms with E-state index in [1.165, 1.54) is 12.1 Å². The molecular formula is C17H22N4O3S. The molecule has 1 aromatic heterocycles. The van der Waals surface area contributed by atoms with Crippen molar-refractivity contribution >= 4 is 21.6 Å². The van der Waals surface area contributed by atoms with Gasteiger partial charge < -0.3 is 10.6 Å². The first kappa shape index (κ1) is 18.9. The molecule has 2 aromatic rings. The Morgan fingerprint density at radius 3 is 2.40 bits per heavy atom. The lowest BCUT2D eigenvalue weighted by Crippen LogP contribution is -2.24. The van der Waals surface area contributed by atoms with Crippen molar-refractivity contribution in [3.05, 3.63) is 53.9 Å². The van der Waals surface area contributed by atoms with Gasteiger partial charge in [0.2, 0.25) is 10.0 Å². The minimum absolute atomic E-state index is 0.102. The van der Waals surface area contributed by atoms with Gasteiger partial charge >= 0.3 is 0 Å². The lowest BCUT2D eigenvalue weighted by molar-refractivity contribution is 0.0948. The van der Waals surface area contributed by atoms with Crippen LogP contribution in [0, 0.1) is 0 Å². The zero-order valence-electron chi connectivity index (χ0n) is 14.0. The average molecular weight is 362 g/mol. The molecule has 4 N–H and O–H groups in total. The average Bonchev–Trinajstić information content (AvgIpc) is 2.60. The van der Waals surface area contributed by atoms with Crippen LogP contribution in [-0.2, 0) is 16.4 Å². The fraction of sp³-hybridized carbons (Fsp3) is 0.294. The number of nitrogens with one attached hydrogen (secondary N) is 2. The predicted molar refractivity (Wildman–Crippen MR) is 96.9 cm³/mol. The monoisotopic (exact) mass is 362 g/mol. The zero-order valence-corrected chi connectivity index (χ0v) is 14.8. The Balaban J connectivity index is 1.84. The van der Waals surface area contributed by atoms with Gasteiger partial charge in [0.05, 0.1) is 16.8 Å². The van der Waals surface area contributed by atoms with Crippen LogP contribution in [0.1, 0.15) is 29.4 Å². The Bertz CT molecular complexity index is 803. The van der Waals surface area contributed by atoms with Crippen LogP contribution in [0.2, 0.25) is 0 Å². The largest absolute Gasteiger partial charge is 0.383 e. The van der Waals surface area contributed by atoms with Gasteiger partial charge in [0.25, 0.3) is 5.91 Å². The first-order valence-corrected chi connectivity index (χ1v) is 9.54. The van der Waals surface area contributed by atoms with E-state index in [4.69, 9.17) is 5.14 Å². The first-order valence-electron chi connectivity index (χ1n) is 8.00. The molecule has 25 heavy (non-hydrogen) atoms. The van der Waals surface area contributed by atoms with Gasteiger partial charge in [-0.25, -0.2) is 18.5 Å². The summed E-state index contributed by atoms with van der Waals surface area (Å²) in [6, 6.07) is 9.94. The number of carbonyl (C=O) groups excluding carboxylic acids is 1. The van der Waals surface area contributed by atoms with Crippen LogP contribution in [0.15, 0.2) is 47.5 Å². The Hall–Kier alpha value is -2.45. The van der Waals surface area contributed by atoms with E-state index in [0.29, 0.717) is 25.2 Å². The van der Waals surface area contributed by atoms with E-state index >= 15 is 0 Å². The van der Waals surface area contributed by atoms with Gasteiger partial charge in [-0.15, -0.1) is 0 Å². The number of anilines is 1. The molecule has 0 radical (unpaired) electrons. The van der Waals surface area contributed by atoms with E-state index in [-0.39, 0.29) is 10.8 Å². The summed E-state index contributed by atoms with van der Waals surface area (Å²) in [6.45, 7) is 3.27. The molecule has 134 valence electrons. The third-order valence-electron chi connectivity index (χ3n) is 3.53. The quantitative estimate of drug-likeness (QED) is 0.659. The minimum Gasteiger partial charge on any atom is -0.383 e. The molecule has 1 heterocycles. The summed E-state index contributed by atoms with van der Waals surface area (Å²) in [5, 5.41) is 11.1. The molecule has 7 nitrogen and oxygen atoms in total. The van der Waals surface area contributed by atoms with E-state index in [1.807, 2.05) is 6.92 Å². The topological polar surface area (TPSA) is 114 Å². The molecule has 8 heteroatoms. The summed E-state index contributed by atoms with van der Waals surface area (Å²) in [6.07, 6.45) is 3.21. The lowest BCUT2D eigenvalue weighted by atomic mass is 10.1. The Labute approximate surface area is 147 Å². The van der Waals surface area contributed by atoms with Crippen LogP contribution in [0.4, 0.5) is 5.69 Å². The zero-order chi connectivity index (χ0) is 18.3. The number of aromatic nitrogens is 1. The summed E-state index contributed by atoms with van der Waals surface area (Å²) in [5.74, 6) is -0.177. The van der Waals surface area contributed by atoms with E-state index in [9.17, 15) is 13.2 Å². The minimum atomic E-state index is -3.66. The highest BCUT2D eigenvalue weighted by Crippen LogP contribution is 2.10. The van der Waals surface area contributed by atoms with Gasteiger partial charge in [-0.1, -0.05) is 19.1 Å². The fourth-order valence-electron chi connectivity index (χ4n) is 2.16. The van der Waals surface area contributed by atoms with Crippen molar-refractivity contribution in [2.45, 2.75) is 24.7 Å². The first-order chi connectivity index (χ1) is 11.9. The molecule has 0 unspecified atom stereocenters. The maximum Gasteiger partial charge on any atom is 0.269 e. The predicted octanol–water partition coefficient (Wildman–Crippen LogP) is 1.52. The van der Waals surface area contributed by atoms with Crippen LogP contribution in [-0.4, -0.2) is 32.4 Å². The molecule has 0 aliphatic rings. The summed E-state index contributed by atoms with van der Waals surface area (Å²) in [7, 11) is -3.66. The van der Waals surface area contributed by atoms with Crippen molar-refractivity contribution in [2.24, 2.45) is 5.14 Å². The van der Waals surface area contributed by atoms with Gasteiger partial charge in [0, 0.05) is 13.1 Å². The molecule has 1 amide bonds. The van der Waals surface area contributed by atoms with Crippen LogP contribution in [0.25, 0.3) is 0 Å². The van der Waals surface area contributed by atoms with E-state index < -0.39 is 10.0 Å². The molecule has 0 fully saturated rings. The number of sulfonamides is 1. The van der Waals surface area contributed by atoms with E-state index in [2.05, 4.69) is 15.6 Å². The molecule has 2 rings (SSSR count). The second-order valence-electron chi connectivity index (χ2n) is 5.55. The third-order valence-corrected chi connectivity index (χ3v) is 4.46. The lowest BCUT2D eigenvalue weighted by Gasteiger charge is -2.08. The standard InChI is InChI=1S/C17H22N4O3S/c1-2-10-20-17(22)16-8-5-14(12-21-16)19-11-9-13-3-6-15(7-4-13)25(18,23)24/h3-8,12,19H,2,9-11H2,1H3,(H,20,22)(H2,18,23,24). The van der Waals surface area contributed by atoms with Crippen LogP contribution in [0.3, 0.4) is 0 Å². The SMILES string of the molecule is CCCNC(=O)c1ccc(NCCc2ccc(S(N)(=O)=O)cc2)cn1. The summed E-state index contributed by atoms with van der Waals surface area (Å²) in [4.78, 5) is 16.0. The van der Waals surface area contributed by atoms with Gasteiger partial charge in [-0.2, -0.15) is 0 Å². The number of nitrogens with two attached hydrogens (primary N) is 1. The molecule has 0 bridgehead atoms. The van der Waals surface area contributed by atoms with Crippen LogP contribution in [0.5, 0.6) is 0 Å². The van der Waals surface area contributed by atoms with Crippen LogP contribution < -0.4 is 15.8 Å². The normalized spacial score (nSPS) is 11.1. The highest BCUT2D eigenvalue weighted by Gasteiger charge is 2.07. The Kier molecular flexibility index (Phi) is 6.49. The number of carbonyl (C=O) groups is 1. The fourth-order valence-corrected chi connectivity index (χ4v) is 2.67. The number of primary sulfonamides is 1. The number of amides is 1. The summed E-state index contributed by atoms with van der Waals surface area (Å²) >= 11 is 0. The highest BCUT2D eigenvalue weighted by atomic mass is 32.2. The van der Waals surface area contributed by atoms with Gasteiger partial charge in [-0.05, 0) is 42.7 Å². The van der Waals surface area contributed by atoms with E-state index in [0.717, 1.165) is 17.7 Å². The summed E-state index contributed by atoms with van der Waals surface area (Å²) in [5.41, 5.74) is 2.19. The third kappa shape index (κ3) is 5.84. The van der Waals surface area contributed by atoms with Gasteiger partial charge in [-0.3, -0.25) is 4.79 Å². The number of benzene rings is 1. The van der Waals surface area contributed by atoms with Crippen molar-refractivity contribution in [2.75, 3.05) is 18.4 Å². The van der Waals surface area contributed by atoms with Gasteiger partial charge in [0.15, 0.2) is 0 Å². The molecular weight excluding hydrogens is 340 g/mol. The summed E-state index contributed by atoms with van der Waals surface area (Å²) < 4.78 is 22.4. The molecule has 0 saturated heterocycles. The molecule has 1 aromatic carbocycles. The molecule has 0 aliphatic carbocycles. The van der Waals surface area contributed by atoms with E-state index in [1.54, 1.807) is 30.5 Å². The van der Waals surface area contributed by atoms with Crippen molar-refractivity contribution in [3.8, 4) is 0 Å². The maximum absolute atomic E-state index is 11.8. The van der Waals surface area contributed by atoms with Crippen molar-refractivity contribution in [3.63, 3.8) is 0 Å². The molecule has 0 atom stereocenters. The Morgan fingerprint density at radius 1 is 1.12 bits per heavy atom. The number of pyridine rings is 1. The van der Waals surface area contributed by atoms with Crippen molar-refractivity contribution in [1.82, 2.24) is 10.3 Å². The van der Waals surface area contributed by atoms with Gasteiger partial charge in [0.1, 0.15) is 5.69 Å². The smallest absolute Gasteiger partial charge is 0.269 e. The van der Waals surface area contributed by atoms with Crippen LogP contribution >= 0.6 is 0 Å². The second kappa shape index (κ2) is 8.59. The van der Waals surface area contributed by atoms with Crippen molar-refractivity contribution < 1.29 is 13.2 Å². The molecule has 0 saturated carbocycles. The molecule has 0 spiro atoms. The molecule has 0 aliphatic heterocycles. The Morgan fingerprint density at radius 2 is 1.84 bits per heavy atom. The number of rotatable bonds is 8.